The van der Waals surface area contributed by atoms with Crippen molar-refractivity contribution < 1.29 is 5.11 Å². The first-order chi connectivity index (χ1) is 17.2. The Bertz CT molecular complexity index is 1060. The van der Waals surface area contributed by atoms with Crippen molar-refractivity contribution in [2.45, 2.75) is 50.5 Å². The number of aliphatic hydroxyl groups is 1. The topological polar surface area (TPSA) is 49.5 Å². The van der Waals surface area contributed by atoms with Gasteiger partial charge in [0.1, 0.15) is 0 Å². The summed E-state index contributed by atoms with van der Waals surface area (Å²) in [5.74, 6) is 0. The molecule has 0 bridgehead atoms. The van der Waals surface area contributed by atoms with Crippen LogP contribution in [0.4, 0.5) is 0 Å². The highest BCUT2D eigenvalue weighted by atomic mass is 16.3. The van der Waals surface area contributed by atoms with Gasteiger partial charge in [-0.1, -0.05) is 121 Å². The first-order valence-electron chi connectivity index (χ1n) is 12.5. The van der Waals surface area contributed by atoms with Gasteiger partial charge in [0, 0.05) is 25.2 Å². The minimum atomic E-state index is -0.599. The largest absolute Gasteiger partial charge is 0.391 e. The van der Waals surface area contributed by atoms with Gasteiger partial charge in [-0.3, -0.25) is 4.90 Å². The van der Waals surface area contributed by atoms with E-state index in [1.165, 1.54) is 16.7 Å². The van der Waals surface area contributed by atoms with Crippen molar-refractivity contribution in [1.29, 1.82) is 0 Å². The van der Waals surface area contributed by atoms with Gasteiger partial charge in [0.15, 0.2) is 0 Å². The molecule has 35 heavy (non-hydrogen) atoms. The van der Waals surface area contributed by atoms with Crippen LogP contribution in [0.2, 0.25) is 0 Å². The molecule has 0 fully saturated rings. The maximum Gasteiger partial charge on any atom is 0.0709 e. The highest BCUT2D eigenvalue weighted by Gasteiger charge is 2.26. The van der Waals surface area contributed by atoms with Crippen molar-refractivity contribution in [3.63, 3.8) is 0 Å². The van der Waals surface area contributed by atoms with Crippen LogP contribution in [0.1, 0.15) is 28.7 Å². The van der Waals surface area contributed by atoms with E-state index in [1.54, 1.807) is 0 Å². The minimum absolute atomic E-state index is 0.134. The van der Waals surface area contributed by atoms with Crippen LogP contribution in [0.5, 0.6) is 0 Å². The second-order valence-corrected chi connectivity index (χ2v) is 9.38. The molecule has 0 aromatic heterocycles. The van der Waals surface area contributed by atoms with Crippen molar-refractivity contribution in [2.24, 2.45) is 5.73 Å². The molecule has 4 aromatic rings. The predicted molar refractivity (Wildman–Crippen MR) is 145 cm³/mol. The van der Waals surface area contributed by atoms with Gasteiger partial charge in [0.25, 0.3) is 0 Å². The summed E-state index contributed by atoms with van der Waals surface area (Å²) >= 11 is 0. The molecule has 4 rings (SSSR count). The molecule has 180 valence electrons. The Balaban J connectivity index is 1.57. The molecular weight excluding hydrogens is 428 g/mol. The first kappa shape index (κ1) is 24.9. The molecule has 0 aliphatic heterocycles. The van der Waals surface area contributed by atoms with Crippen LogP contribution in [0, 0.1) is 0 Å². The third-order valence-electron chi connectivity index (χ3n) is 6.61. The zero-order valence-electron chi connectivity index (χ0n) is 20.3. The van der Waals surface area contributed by atoms with Gasteiger partial charge in [-0.25, -0.2) is 0 Å². The molecule has 0 aliphatic rings. The average molecular weight is 465 g/mol. The molecule has 0 radical (unpaired) electrons. The van der Waals surface area contributed by atoms with E-state index in [0.29, 0.717) is 12.8 Å². The third kappa shape index (κ3) is 7.90. The Morgan fingerprint density at radius 2 is 0.914 bits per heavy atom. The Morgan fingerprint density at radius 3 is 1.34 bits per heavy atom. The fourth-order valence-corrected chi connectivity index (χ4v) is 4.67. The van der Waals surface area contributed by atoms with Gasteiger partial charge in [-0.2, -0.15) is 0 Å². The van der Waals surface area contributed by atoms with E-state index < -0.39 is 6.10 Å². The van der Waals surface area contributed by atoms with Crippen LogP contribution < -0.4 is 5.73 Å². The highest BCUT2D eigenvalue weighted by Crippen LogP contribution is 2.22. The second kappa shape index (κ2) is 13.0. The molecular formula is C32H36N2O. The smallest absolute Gasteiger partial charge is 0.0709 e. The van der Waals surface area contributed by atoms with Crippen LogP contribution in [-0.4, -0.2) is 28.2 Å². The van der Waals surface area contributed by atoms with E-state index >= 15 is 0 Å². The molecule has 0 unspecified atom stereocenters. The van der Waals surface area contributed by atoms with E-state index in [4.69, 9.17) is 5.73 Å². The maximum absolute atomic E-state index is 11.3. The number of hydrogen-bond acceptors (Lipinski definition) is 3. The van der Waals surface area contributed by atoms with Crippen molar-refractivity contribution in [2.75, 3.05) is 0 Å². The van der Waals surface area contributed by atoms with E-state index in [0.717, 1.165) is 25.1 Å². The molecule has 0 saturated carbocycles. The molecule has 0 amide bonds. The molecule has 0 saturated heterocycles. The Morgan fingerprint density at radius 1 is 0.543 bits per heavy atom. The SMILES string of the molecule is N[C@@H](Cc1ccccc1)[C@@H](O)C[C@H](Cc1ccccc1)N(Cc1ccccc1)Cc1ccccc1. The minimum Gasteiger partial charge on any atom is -0.391 e. The van der Waals surface area contributed by atoms with Gasteiger partial charge in [0.2, 0.25) is 0 Å². The molecule has 3 heteroatoms. The molecule has 0 aliphatic carbocycles. The Labute approximate surface area is 209 Å². The van der Waals surface area contributed by atoms with Crippen molar-refractivity contribution in [3.8, 4) is 0 Å². The van der Waals surface area contributed by atoms with Crippen LogP contribution in [0.25, 0.3) is 0 Å². The number of nitrogens with two attached hydrogens (primary N) is 1. The molecule has 3 N–H and O–H groups in total. The lowest BCUT2D eigenvalue weighted by Crippen LogP contribution is -2.44. The molecule has 3 nitrogen and oxygen atoms in total. The summed E-state index contributed by atoms with van der Waals surface area (Å²) in [6.45, 7) is 1.63. The second-order valence-electron chi connectivity index (χ2n) is 9.38. The van der Waals surface area contributed by atoms with E-state index in [9.17, 15) is 5.11 Å². The lowest BCUT2D eigenvalue weighted by molar-refractivity contribution is 0.0757. The van der Waals surface area contributed by atoms with E-state index in [2.05, 4.69) is 108 Å². The maximum atomic E-state index is 11.3. The van der Waals surface area contributed by atoms with Gasteiger partial charge in [-0.05, 0) is 41.5 Å². The number of rotatable bonds is 12. The fraction of sp³-hybridized carbons (Fsp3) is 0.250. The van der Waals surface area contributed by atoms with Gasteiger partial charge < -0.3 is 10.8 Å². The molecule has 0 spiro atoms. The molecule has 4 aromatic carbocycles. The van der Waals surface area contributed by atoms with E-state index in [1.807, 2.05) is 18.2 Å². The third-order valence-corrected chi connectivity index (χ3v) is 6.61. The zero-order valence-corrected chi connectivity index (χ0v) is 20.3. The predicted octanol–water partition coefficient (Wildman–Crippen LogP) is 5.62. The van der Waals surface area contributed by atoms with Crippen LogP contribution in [0.15, 0.2) is 121 Å². The average Bonchev–Trinajstić information content (AvgIpc) is 2.90. The zero-order chi connectivity index (χ0) is 24.3. The van der Waals surface area contributed by atoms with Crippen molar-refractivity contribution in [1.82, 2.24) is 4.90 Å². The molecule has 3 atom stereocenters. The summed E-state index contributed by atoms with van der Waals surface area (Å²) in [6, 6.07) is 41.8. The Kier molecular flexibility index (Phi) is 9.24. The van der Waals surface area contributed by atoms with E-state index in [-0.39, 0.29) is 12.1 Å². The quantitative estimate of drug-likeness (QED) is 0.286. The summed E-state index contributed by atoms with van der Waals surface area (Å²) in [5.41, 5.74) is 11.5. The summed E-state index contributed by atoms with van der Waals surface area (Å²) in [7, 11) is 0. The van der Waals surface area contributed by atoms with Gasteiger partial charge in [0.05, 0.1) is 6.10 Å². The van der Waals surface area contributed by atoms with Gasteiger partial charge in [-0.15, -0.1) is 0 Å². The Hall–Kier alpha value is -3.24. The number of benzene rings is 4. The summed E-state index contributed by atoms with van der Waals surface area (Å²) in [6.07, 6.45) is 1.54. The van der Waals surface area contributed by atoms with Crippen molar-refractivity contribution in [3.05, 3.63) is 144 Å². The fourth-order valence-electron chi connectivity index (χ4n) is 4.67. The monoisotopic (exact) mass is 464 g/mol. The number of aliphatic hydroxyl groups excluding tert-OH is 1. The summed E-state index contributed by atoms with van der Waals surface area (Å²) < 4.78 is 0. The lowest BCUT2D eigenvalue weighted by Gasteiger charge is -2.35. The van der Waals surface area contributed by atoms with Crippen LogP contribution >= 0.6 is 0 Å². The normalized spacial score (nSPS) is 13.9. The standard InChI is InChI=1S/C32H36N2O/c33-31(22-27-15-7-2-8-16-27)32(35)23-30(21-26-13-5-1-6-14-26)34(24-28-17-9-3-10-18-28)25-29-19-11-4-12-20-29/h1-20,30-32,35H,21-25,33H2/t30-,31-,32-/m0/s1. The number of nitrogens with zero attached hydrogens (tertiary/aromatic N) is 1. The first-order valence-corrected chi connectivity index (χ1v) is 12.5. The van der Waals surface area contributed by atoms with Gasteiger partial charge >= 0.3 is 0 Å². The van der Waals surface area contributed by atoms with Crippen LogP contribution in [-0.2, 0) is 25.9 Å². The number of hydrogen-bond donors (Lipinski definition) is 2. The van der Waals surface area contributed by atoms with Crippen molar-refractivity contribution >= 4 is 0 Å². The lowest BCUT2D eigenvalue weighted by atomic mass is 9.92. The van der Waals surface area contributed by atoms with Crippen LogP contribution in [0.3, 0.4) is 0 Å². The summed E-state index contributed by atoms with van der Waals surface area (Å²) in [4.78, 5) is 2.50. The summed E-state index contributed by atoms with van der Waals surface area (Å²) in [5, 5.41) is 11.3. The molecule has 0 heterocycles. The highest BCUT2D eigenvalue weighted by molar-refractivity contribution is 5.20.